The van der Waals surface area contributed by atoms with E-state index in [-0.39, 0.29) is 5.79 Å². The van der Waals surface area contributed by atoms with E-state index in [9.17, 15) is 0 Å². The van der Waals surface area contributed by atoms with Gasteiger partial charge in [-0.05, 0) is 0 Å². The molecule has 2 fully saturated rings. The maximum Gasteiger partial charge on any atom is 0.182 e. The van der Waals surface area contributed by atoms with E-state index >= 15 is 0 Å². The highest BCUT2D eigenvalue weighted by Gasteiger charge is 2.43. The Balaban J connectivity index is 1.60. The van der Waals surface area contributed by atoms with E-state index in [0.717, 1.165) is 39.3 Å². The minimum Gasteiger partial charge on any atom is -0.346 e. The zero-order valence-electron chi connectivity index (χ0n) is 11.0. The van der Waals surface area contributed by atoms with Crippen LogP contribution in [0.15, 0.2) is 5.38 Å². The molecular formula is C13H20N2O2S. The summed E-state index contributed by atoms with van der Waals surface area (Å²) in [5.74, 6) is 0.215. The second kappa shape index (κ2) is 4.89. The molecule has 18 heavy (non-hydrogen) atoms. The van der Waals surface area contributed by atoms with Crippen LogP contribution in [-0.2, 0) is 16.0 Å². The van der Waals surface area contributed by atoms with Gasteiger partial charge in [-0.15, -0.1) is 11.3 Å². The Morgan fingerprint density at radius 1 is 1.44 bits per heavy atom. The molecule has 3 heterocycles. The molecule has 0 amide bonds. The topological polar surface area (TPSA) is 34.6 Å². The van der Waals surface area contributed by atoms with Crippen LogP contribution in [0.5, 0.6) is 0 Å². The Morgan fingerprint density at radius 2 is 2.22 bits per heavy atom. The molecule has 1 spiro atoms. The first kappa shape index (κ1) is 12.5. The number of rotatable bonds is 3. The van der Waals surface area contributed by atoms with E-state index in [0.29, 0.717) is 5.92 Å². The fourth-order valence-electron chi connectivity index (χ4n) is 2.58. The summed E-state index contributed by atoms with van der Waals surface area (Å²) >= 11 is 1.76. The third kappa shape index (κ3) is 2.45. The highest BCUT2D eigenvalue weighted by molar-refractivity contribution is 7.09. The Morgan fingerprint density at radius 3 is 2.89 bits per heavy atom. The van der Waals surface area contributed by atoms with Crippen molar-refractivity contribution in [3.63, 3.8) is 0 Å². The van der Waals surface area contributed by atoms with Crippen LogP contribution in [0.1, 0.15) is 36.9 Å². The van der Waals surface area contributed by atoms with Crippen LogP contribution in [0.2, 0.25) is 0 Å². The second-order valence-electron chi connectivity index (χ2n) is 5.40. The minimum absolute atomic E-state index is 0.309. The standard InChI is InChI=1S/C13H20N2O2S/c1-10(2)12-14-11(8-18-12)7-15-4-3-13(9-15)16-5-6-17-13/h8,10H,3-7,9H2,1-2H3. The van der Waals surface area contributed by atoms with Crippen molar-refractivity contribution in [3.8, 4) is 0 Å². The van der Waals surface area contributed by atoms with Crippen molar-refractivity contribution in [2.75, 3.05) is 26.3 Å². The van der Waals surface area contributed by atoms with Crippen molar-refractivity contribution >= 4 is 11.3 Å². The van der Waals surface area contributed by atoms with Crippen molar-refractivity contribution in [2.24, 2.45) is 0 Å². The van der Waals surface area contributed by atoms with Crippen LogP contribution in [0.25, 0.3) is 0 Å². The molecule has 2 aliphatic rings. The molecule has 1 aromatic rings. The van der Waals surface area contributed by atoms with Crippen molar-refractivity contribution < 1.29 is 9.47 Å². The Hall–Kier alpha value is -0.490. The van der Waals surface area contributed by atoms with Crippen LogP contribution in [0.3, 0.4) is 0 Å². The summed E-state index contributed by atoms with van der Waals surface area (Å²) in [5.41, 5.74) is 1.18. The fraction of sp³-hybridized carbons (Fsp3) is 0.769. The first-order valence-corrected chi connectivity index (χ1v) is 7.49. The fourth-order valence-corrected chi connectivity index (χ4v) is 3.41. The van der Waals surface area contributed by atoms with Gasteiger partial charge in [-0.1, -0.05) is 13.8 Å². The monoisotopic (exact) mass is 268 g/mol. The van der Waals surface area contributed by atoms with Gasteiger partial charge in [0, 0.05) is 30.8 Å². The number of hydrogen-bond donors (Lipinski definition) is 0. The average Bonchev–Trinajstić information content (AvgIpc) is 3.03. The smallest absolute Gasteiger partial charge is 0.182 e. The van der Waals surface area contributed by atoms with Gasteiger partial charge in [-0.3, -0.25) is 4.90 Å². The first-order valence-electron chi connectivity index (χ1n) is 6.61. The van der Waals surface area contributed by atoms with Gasteiger partial charge in [0.25, 0.3) is 0 Å². The predicted octanol–water partition coefficient (Wildman–Crippen LogP) is 2.22. The van der Waals surface area contributed by atoms with Crippen molar-refractivity contribution in [3.05, 3.63) is 16.1 Å². The zero-order chi connectivity index (χ0) is 12.6. The quantitative estimate of drug-likeness (QED) is 0.842. The van der Waals surface area contributed by atoms with Crippen LogP contribution in [0.4, 0.5) is 0 Å². The molecule has 0 atom stereocenters. The molecule has 0 aliphatic carbocycles. The normalized spacial score (nSPS) is 23.5. The lowest BCUT2D eigenvalue weighted by Crippen LogP contribution is -2.34. The van der Waals surface area contributed by atoms with Gasteiger partial charge in [0.15, 0.2) is 5.79 Å². The zero-order valence-corrected chi connectivity index (χ0v) is 11.8. The van der Waals surface area contributed by atoms with Crippen molar-refractivity contribution in [1.82, 2.24) is 9.88 Å². The van der Waals surface area contributed by atoms with Crippen LogP contribution >= 0.6 is 11.3 Å². The molecule has 5 heteroatoms. The first-order chi connectivity index (χ1) is 8.67. The van der Waals surface area contributed by atoms with Gasteiger partial charge >= 0.3 is 0 Å². The predicted molar refractivity (Wildman–Crippen MR) is 70.7 cm³/mol. The van der Waals surface area contributed by atoms with Gasteiger partial charge in [0.2, 0.25) is 0 Å². The molecule has 3 rings (SSSR count). The summed E-state index contributed by atoms with van der Waals surface area (Å²) in [5, 5.41) is 3.41. The maximum atomic E-state index is 5.73. The number of nitrogens with zero attached hydrogens (tertiary/aromatic N) is 2. The summed E-state index contributed by atoms with van der Waals surface area (Å²) < 4.78 is 11.5. The summed E-state index contributed by atoms with van der Waals surface area (Å²) in [6.45, 7) is 8.68. The van der Waals surface area contributed by atoms with Crippen molar-refractivity contribution in [2.45, 2.75) is 38.5 Å². The number of hydrogen-bond acceptors (Lipinski definition) is 5. The Labute approximate surface area is 112 Å². The second-order valence-corrected chi connectivity index (χ2v) is 6.29. The molecule has 0 aromatic carbocycles. The molecule has 0 unspecified atom stereocenters. The summed E-state index contributed by atoms with van der Waals surface area (Å²) in [6.07, 6.45) is 0.980. The molecule has 0 N–H and O–H groups in total. The molecule has 4 nitrogen and oxygen atoms in total. The van der Waals surface area contributed by atoms with Gasteiger partial charge in [0.1, 0.15) is 0 Å². The van der Waals surface area contributed by atoms with Gasteiger partial charge in [0.05, 0.1) is 30.5 Å². The van der Waals surface area contributed by atoms with E-state index in [2.05, 4.69) is 29.1 Å². The molecule has 2 aliphatic heterocycles. The number of aromatic nitrogens is 1. The highest BCUT2D eigenvalue weighted by atomic mass is 32.1. The molecule has 0 bridgehead atoms. The lowest BCUT2D eigenvalue weighted by atomic mass is 10.2. The van der Waals surface area contributed by atoms with E-state index in [4.69, 9.17) is 9.47 Å². The molecule has 1 aromatic heterocycles. The number of ether oxygens (including phenoxy) is 2. The van der Waals surface area contributed by atoms with Gasteiger partial charge < -0.3 is 9.47 Å². The third-order valence-corrected chi connectivity index (χ3v) is 4.73. The van der Waals surface area contributed by atoms with Crippen LogP contribution in [0, 0.1) is 0 Å². The summed E-state index contributed by atoms with van der Waals surface area (Å²) in [6, 6.07) is 0. The SMILES string of the molecule is CC(C)c1nc(CN2CCC3(C2)OCCO3)cs1. The minimum atomic E-state index is -0.309. The van der Waals surface area contributed by atoms with E-state index in [1.165, 1.54) is 10.7 Å². The number of thiazole rings is 1. The third-order valence-electron chi connectivity index (χ3n) is 3.54. The van der Waals surface area contributed by atoms with Crippen LogP contribution < -0.4 is 0 Å². The Bertz CT molecular complexity index is 413. The van der Waals surface area contributed by atoms with Crippen LogP contribution in [-0.4, -0.2) is 42.0 Å². The number of likely N-dealkylation sites (tertiary alicyclic amines) is 1. The molecule has 0 radical (unpaired) electrons. The van der Waals surface area contributed by atoms with Gasteiger partial charge in [-0.25, -0.2) is 4.98 Å². The summed E-state index contributed by atoms with van der Waals surface area (Å²) in [7, 11) is 0. The maximum absolute atomic E-state index is 5.73. The lowest BCUT2D eigenvalue weighted by Gasteiger charge is -2.21. The van der Waals surface area contributed by atoms with E-state index in [1.807, 2.05) is 0 Å². The van der Waals surface area contributed by atoms with E-state index < -0.39 is 0 Å². The highest BCUT2D eigenvalue weighted by Crippen LogP contribution is 2.31. The molecule has 0 saturated carbocycles. The van der Waals surface area contributed by atoms with Crippen molar-refractivity contribution in [1.29, 1.82) is 0 Å². The Kier molecular flexibility index (Phi) is 3.40. The molecular weight excluding hydrogens is 248 g/mol. The summed E-state index contributed by atoms with van der Waals surface area (Å²) in [4.78, 5) is 7.06. The largest absolute Gasteiger partial charge is 0.346 e. The average molecular weight is 268 g/mol. The van der Waals surface area contributed by atoms with E-state index in [1.54, 1.807) is 11.3 Å². The molecule has 100 valence electrons. The molecule has 2 saturated heterocycles. The lowest BCUT2D eigenvalue weighted by molar-refractivity contribution is -0.145. The van der Waals surface area contributed by atoms with Gasteiger partial charge in [-0.2, -0.15) is 0 Å².